The summed E-state index contributed by atoms with van der Waals surface area (Å²) in [6.45, 7) is 0. The van der Waals surface area contributed by atoms with Gasteiger partial charge in [-0.2, -0.15) is 0 Å². The molecular weight excluding hydrogens is 669 g/mol. The third-order valence-electron chi connectivity index (χ3n) is 12.0. The first kappa shape index (κ1) is 29.1. The second kappa shape index (κ2) is 10.6. The number of furan rings is 1. The second-order valence-corrected chi connectivity index (χ2v) is 14.8. The minimum absolute atomic E-state index is 0.896. The van der Waals surface area contributed by atoms with E-state index in [1.807, 2.05) is 0 Å². The maximum atomic E-state index is 6.85. The zero-order valence-electron chi connectivity index (χ0n) is 29.6. The molecule has 0 radical (unpaired) electrons. The van der Waals surface area contributed by atoms with Crippen LogP contribution in [0.1, 0.15) is 0 Å². The van der Waals surface area contributed by atoms with Gasteiger partial charge in [0.2, 0.25) is 0 Å². The summed E-state index contributed by atoms with van der Waals surface area (Å²) >= 11 is 0. The average Bonchev–Trinajstić information content (AvgIpc) is 3.99. The van der Waals surface area contributed by atoms with Crippen molar-refractivity contribution in [3.05, 3.63) is 182 Å². The maximum Gasteiger partial charge on any atom is 0.160 e. The molecule has 1 aliphatic carbocycles. The van der Waals surface area contributed by atoms with Crippen LogP contribution in [-0.4, -0.2) is 9.13 Å². The molecule has 1 aliphatic rings. The molecule has 3 heteroatoms. The van der Waals surface area contributed by atoms with Gasteiger partial charge in [-0.15, -0.1) is 0 Å². The van der Waals surface area contributed by atoms with Crippen LogP contribution in [0, 0.1) is 0 Å². The first-order valence-corrected chi connectivity index (χ1v) is 18.9. The predicted octanol–water partition coefficient (Wildman–Crippen LogP) is 14.2. The Morgan fingerprint density at radius 2 is 0.982 bits per heavy atom. The molecule has 12 aromatic rings. The highest BCUT2D eigenvalue weighted by atomic mass is 16.3. The Kier molecular flexibility index (Phi) is 5.63. The quantitative estimate of drug-likeness (QED) is 0.180. The average molecular weight is 699 g/mol. The summed E-state index contributed by atoms with van der Waals surface area (Å²) < 4.78 is 11.8. The molecule has 9 aromatic carbocycles. The maximum absolute atomic E-state index is 6.85. The van der Waals surface area contributed by atoms with Crippen LogP contribution in [0.3, 0.4) is 0 Å². The van der Waals surface area contributed by atoms with E-state index in [2.05, 4.69) is 191 Å². The van der Waals surface area contributed by atoms with Crippen molar-refractivity contribution in [1.29, 1.82) is 0 Å². The lowest BCUT2D eigenvalue weighted by molar-refractivity contribution is 0.671. The Hall–Kier alpha value is -7.36. The van der Waals surface area contributed by atoms with E-state index in [0.717, 1.165) is 44.3 Å². The van der Waals surface area contributed by atoms with Crippen molar-refractivity contribution in [2.24, 2.45) is 0 Å². The van der Waals surface area contributed by atoms with Crippen molar-refractivity contribution in [3.8, 4) is 44.8 Å². The van der Waals surface area contributed by atoms with Gasteiger partial charge in [0.1, 0.15) is 5.58 Å². The number of hydrogen-bond donors (Lipinski definition) is 0. The summed E-state index contributed by atoms with van der Waals surface area (Å²) in [5, 5.41) is 9.64. The number of aromatic nitrogens is 2. The van der Waals surface area contributed by atoms with Gasteiger partial charge in [-0.25, -0.2) is 0 Å². The highest BCUT2D eigenvalue weighted by Crippen LogP contribution is 2.50. The monoisotopic (exact) mass is 698 g/mol. The number of hydrogen-bond acceptors (Lipinski definition) is 1. The summed E-state index contributed by atoms with van der Waals surface area (Å²) in [5.41, 5.74) is 16.2. The van der Waals surface area contributed by atoms with Gasteiger partial charge < -0.3 is 13.6 Å². The third kappa shape index (κ3) is 3.84. The molecule has 0 unspecified atom stereocenters. The van der Waals surface area contributed by atoms with Crippen LogP contribution in [0.15, 0.2) is 186 Å². The Bertz CT molecular complexity index is 3600. The molecule has 13 rings (SSSR count). The molecule has 0 aliphatic heterocycles. The van der Waals surface area contributed by atoms with Gasteiger partial charge in [0, 0.05) is 43.7 Å². The highest BCUT2D eigenvalue weighted by Gasteiger charge is 2.26. The lowest BCUT2D eigenvalue weighted by atomic mass is 10.0. The van der Waals surface area contributed by atoms with E-state index in [9.17, 15) is 0 Å². The van der Waals surface area contributed by atoms with Gasteiger partial charge in [0.25, 0.3) is 0 Å². The smallest absolute Gasteiger partial charge is 0.160 e. The molecule has 3 nitrogen and oxygen atoms in total. The molecule has 0 spiro atoms. The first-order chi connectivity index (χ1) is 27.3. The fraction of sp³-hybridized carbons (Fsp3) is 0. The fourth-order valence-electron chi connectivity index (χ4n) is 9.72. The number of nitrogens with zero attached hydrogens (tertiary/aromatic N) is 2. The lowest BCUT2D eigenvalue weighted by Gasteiger charge is -2.15. The number of benzene rings is 9. The summed E-state index contributed by atoms with van der Waals surface area (Å²) in [6, 6.07) is 66.5. The molecule has 0 bridgehead atoms. The van der Waals surface area contributed by atoms with Crippen molar-refractivity contribution < 1.29 is 4.42 Å². The third-order valence-corrected chi connectivity index (χ3v) is 12.0. The summed E-state index contributed by atoms with van der Waals surface area (Å²) in [5.74, 6) is 0. The Labute approximate surface area is 315 Å². The first-order valence-electron chi connectivity index (χ1n) is 18.9. The van der Waals surface area contributed by atoms with Gasteiger partial charge in [-0.1, -0.05) is 140 Å². The second-order valence-electron chi connectivity index (χ2n) is 14.8. The standard InChI is InChI=1S/C52H30N2O/c1-2-12-31(13-3-1)32-14-10-16-34(28-32)54-50-42(43-26-27-44-39-20-7-9-23-47(39)55-52(44)51(43)54)25-24-41-38-19-6-8-22-46(38)53(49(41)50)35-29-33-15-11-21-40-36-17-4-5-18-37(36)45(30-35)48(33)40/h1-30H. The summed E-state index contributed by atoms with van der Waals surface area (Å²) in [4.78, 5) is 0. The SMILES string of the molecule is c1ccc(-c2cccc(-n3c4c(ccc5c6ccccc6oc54)c4ccc5c6ccccc6n(-c6cc7c8c(cccc8c6)-c6ccccc6-7)c5c43)c2)cc1. The molecule has 0 atom stereocenters. The van der Waals surface area contributed by atoms with E-state index < -0.39 is 0 Å². The number of fused-ring (bicyclic) bond motifs is 14. The van der Waals surface area contributed by atoms with Crippen molar-refractivity contribution in [1.82, 2.24) is 9.13 Å². The lowest BCUT2D eigenvalue weighted by Crippen LogP contribution is -1.99. The van der Waals surface area contributed by atoms with Crippen LogP contribution in [0.2, 0.25) is 0 Å². The molecular formula is C52H30N2O. The molecule has 3 heterocycles. The number of para-hydroxylation sites is 2. The van der Waals surface area contributed by atoms with Gasteiger partial charge in [0.05, 0.1) is 22.1 Å². The number of rotatable bonds is 3. The van der Waals surface area contributed by atoms with Crippen molar-refractivity contribution in [2.75, 3.05) is 0 Å². The molecule has 0 saturated carbocycles. The largest absolute Gasteiger partial charge is 0.454 e. The fourth-order valence-corrected chi connectivity index (χ4v) is 9.72. The van der Waals surface area contributed by atoms with Crippen LogP contribution in [0.4, 0.5) is 0 Å². The minimum atomic E-state index is 0.896. The molecule has 0 saturated heterocycles. The van der Waals surface area contributed by atoms with Gasteiger partial charge in [-0.05, 0) is 86.6 Å². The minimum Gasteiger partial charge on any atom is -0.454 e. The van der Waals surface area contributed by atoms with E-state index in [1.54, 1.807) is 0 Å². The van der Waals surface area contributed by atoms with Gasteiger partial charge in [0.15, 0.2) is 5.58 Å². The zero-order chi connectivity index (χ0) is 35.8. The highest BCUT2D eigenvalue weighted by molar-refractivity contribution is 6.28. The van der Waals surface area contributed by atoms with E-state index in [-0.39, 0.29) is 0 Å². The molecule has 3 aromatic heterocycles. The van der Waals surface area contributed by atoms with Crippen LogP contribution >= 0.6 is 0 Å². The van der Waals surface area contributed by atoms with Crippen LogP contribution < -0.4 is 0 Å². The molecule has 0 N–H and O–H groups in total. The normalized spacial score (nSPS) is 12.4. The Morgan fingerprint density at radius 3 is 1.85 bits per heavy atom. The van der Waals surface area contributed by atoms with Gasteiger partial charge >= 0.3 is 0 Å². The Morgan fingerprint density at radius 1 is 0.345 bits per heavy atom. The molecule has 254 valence electrons. The van der Waals surface area contributed by atoms with Crippen molar-refractivity contribution in [3.63, 3.8) is 0 Å². The van der Waals surface area contributed by atoms with Crippen molar-refractivity contribution >= 4 is 76.3 Å². The zero-order valence-corrected chi connectivity index (χ0v) is 29.6. The summed E-state index contributed by atoms with van der Waals surface area (Å²) in [7, 11) is 0. The van der Waals surface area contributed by atoms with E-state index >= 15 is 0 Å². The van der Waals surface area contributed by atoms with Crippen LogP contribution in [0.25, 0.3) is 121 Å². The van der Waals surface area contributed by atoms with E-state index in [1.165, 1.54) is 76.7 Å². The van der Waals surface area contributed by atoms with Crippen LogP contribution in [-0.2, 0) is 0 Å². The topological polar surface area (TPSA) is 23.0 Å². The van der Waals surface area contributed by atoms with Gasteiger partial charge in [-0.3, -0.25) is 0 Å². The van der Waals surface area contributed by atoms with Crippen molar-refractivity contribution in [2.45, 2.75) is 0 Å². The molecule has 0 amide bonds. The summed E-state index contributed by atoms with van der Waals surface area (Å²) in [6.07, 6.45) is 0. The molecule has 0 fully saturated rings. The van der Waals surface area contributed by atoms with E-state index in [0.29, 0.717) is 0 Å². The van der Waals surface area contributed by atoms with E-state index in [4.69, 9.17) is 4.42 Å². The Balaban J connectivity index is 1.23. The predicted molar refractivity (Wildman–Crippen MR) is 230 cm³/mol. The molecule has 55 heavy (non-hydrogen) atoms. The van der Waals surface area contributed by atoms with Crippen LogP contribution in [0.5, 0.6) is 0 Å².